The lowest BCUT2D eigenvalue weighted by Crippen LogP contribution is -2.65. The van der Waals surface area contributed by atoms with Crippen LogP contribution >= 0.6 is 0 Å². The number of hydrogen-bond acceptors (Lipinski definition) is 22. The van der Waals surface area contributed by atoms with Crippen LogP contribution in [0.3, 0.4) is 0 Å². The van der Waals surface area contributed by atoms with Crippen molar-refractivity contribution in [2.24, 2.45) is 51.8 Å². The Morgan fingerprint density at radius 2 is 0.949 bits per heavy atom. The second-order valence-corrected chi connectivity index (χ2v) is 40.2. The average molecular weight is 1650 g/mol. The molecule has 2 unspecified atom stereocenters. The lowest BCUT2D eigenvalue weighted by molar-refractivity contribution is -0.199. The van der Waals surface area contributed by atoms with E-state index in [1.165, 1.54) is 24.0 Å². The smallest absolute Gasteiger partial charge is 0.461 e. The summed E-state index contributed by atoms with van der Waals surface area (Å²) in [6, 6.07) is 6.69. The van der Waals surface area contributed by atoms with Gasteiger partial charge in [0.15, 0.2) is 11.6 Å². The van der Waals surface area contributed by atoms with Crippen molar-refractivity contribution in [3.8, 4) is 11.5 Å². The number of imide groups is 2. The molecule has 6 aliphatic carbocycles. The van der Waals surface area contributed by atoms with Crippen LogP contribution in [0.25, 0.3) is 0 Å². The third-order valence-corrected chi connectivity index (χ3v) is 28.2. The van der Waals surface area contributed by atoms with Crippen molar-refractivity contribution >= 4 is 89.5 Å². The Balaban J connectivity index is 0.000000234. The molecule has 6 saturated carbocycles. The Bertz CT molecular complexity index is 4240. The number of nitrogens with one attached hydrogen (secondary N) is 4. The Kier molecular flexibility index (Phi) is 26.9. The van der Waals surface area contributed by atoms with Gasteiger partial charge in [-0.05, 0) is 222 Å². The van der Waals surface area contributed by atoms with Crippen LogP contribution in [-0.4, -0.2) is 238 Å². The predicted molar refractivity (Wildman–Crippen MR) is 434 cm³/mol. The van der Waals surface area contributed by atoms with Crippen LogP contribution in [0.5, 0.6) is 11.5 Å². The number of piperazine rings is 2. The summed E-state index contributed by atoms with van der Waals surface area (Å²) in [5.74, 6) is -5.62. The van der Waals surface area contributed by atoms with E-state index < -0.39 is 141 Å². The molecule has 2 aromatic carbocycles. The van der Waals surface area contributed by atoms with Gasteiger partial charge in [-0.15, -0.1) is 0 Å². The lowest BCUT2D eigenvalue weighted by Gasteiger charge is -2.64. The zero-order chi connectivity index (χ0) is 85.8. The highest BCUT2D eigenvalue weighted by atomic mass is 32.2. The van der Waals surface area contributed by atoms with Crippen LogP contribution in [0.4, 0.5) is 9.59 Å². The molecular weight excluding hydrogens is 1520 g/mol. The SMILES string of the molecule is CCN1CCN(C(=O)NC(C(=O)C[C@@H](Cc2cccc(C(=O)OC(C)(C)C)c2OC)B2O[C@@H]3C[C@@H]4C[C@@H](C4(C)C)[C@]3(C)O2)C2CCN(S(=O)(=O)NC(=O)CC(C)(C)C)CC2)C(=O)C1=O.CCN1CCN(C(=O)NC(C(=O)C[C@@H](Cc2cccc(C(=O)OC(C)(C)C)c2OC)B2O[C@@H]3C[C@@H]4C[C@@H](C4(C)C)[C@]3(C)O2)C2CCNCC2)C(=O)C1=O. The fraction of sp³-hybridized carbons (Fsp3) is 0.726. The first-order valence-corrected chi connectivity index (χ1v) is 43.5. The minimum Gasteiger partial charge on any atom is -0.496 e. The van der Waals surface area contributed by atoms with Crippen LogP contribution in [0.2, 0.25) is 11.6 Å². The number of hydrogen-bond donors (Lipinski definition) is 4. The molecule has 0 radical (unpaired) electrons. The highest BCUT2D eigenvalue weighted by molar-refractivity contribution is 7.87. The maximum absolute atomic E-state index is 15.1. The van der Waals surface area contributed by atoms with E-state index in [1.54, 1.807) is 79.7 Å². The van der Waals surface area contributed by atoms with Crippen molar-refractivity contribution in [1.82, 2.24) is 44.6 Å². The van der Waals surface area contributed by atoms with Gasteiger partial charge in [-0.1, -0.05) is 72.7 Å². The number of carbonyl (C=O) groups excluding carboxylic acids is 11. The van der Waals surface area contributed by atoms with E-state index >= 15 is 4.79 Å². The first-order chi connectivity index (χ1) is 54.7. The van der Waals surface area contributed by atoms with Crippen molar-refractivity contribution in [2.45, 2.75) is 260 Å². The zero-order valence-electron chi connectivity index (χ0n) is 72.0. The molecule has 12 atom stereocenters. The van der Waals surface area contributed by atoms with E-state index in [9.17, 15) is 56.4 Å². The normalized spacial score (nSPS) is 27.0. The molecule has 30 nitrogen and oxygen atoms in total. The van der Waals surface area contributed by atoms with E-state index in [1.807, 2.05) is 32.9 Å². The predicted octanol–water partition coefficient (Wildman–Crippen LogP) is 8.55. The Hall–Kier alpha value is -7.55. The quantitative estimate of drug-likeness (QED) is 0.0411. The van der Waals surface area contributed by atoms with Crippen molar-refractivity contribution in [3.05, 3.63) is 58.7 Å². The van der Waals surface area contributed by atoms with Crippen LogP contribution in [0.1, 0.15) is 220 Å². The fourth-order valence-electron chi connectivity index (χ4n) is 20.1. The van der Waals surface area contributed by atoms with Gasteiger partial charge in [0.2, 0.25) is 5.91 Å². The third kappa shape index (κ3) is 19.3. The summed E-state index contributed by atoms with van der Waals surface area (Å²) in [5, 5.41) is 9.03. The summed E-state index contributed by atoms with van der Waals surface area (Å²) in [7, 11) is -2.85. The molecule has 6 heterocycles. The molecule has 6 saturated heterocycles. The number of rotatable bonds is 25. The molecule has 0 spiro atoms. The number of para-hydroxylation sites is 2. The van der Waals surface area contributed by atoms with Gasteiger partial charge >= 0.3 is 72.1 Å². The van der Waals surface area contributed by atoms with Gasteiger partial charge in [-0.2, -0.15) is 12.7 Å². The number of carbonyl (C=O) groups is 11. The summed E-state index contributed by atoms with van der Waals surface area (Å²) in [6.07, 6.45) is 5.21. The van der Waals surface area contributed by atoms with Crippen molar-refractivity contribution in [2.75, 3.05) is 79.7 Å². The number of likely N-dealkylation sites (N-methyl/N-ethyl adjacent to an activating group) is 2. The Labute approximate surface area is 690 Å². The molecule has 117 heavy (non-hydrogen) atoms. The van der Waals surface area contributed by atoms with Gasteiger partial charge < -0.3 is 63.3 Å². The molecule has 4 N–H and O–H groups in total. The summed E-state index contributed by atoms with van der Waals surface area (Å²) >= 11 is 0. The van der Waals surface area contributed by atoms with E-state index in [2.05, 4.69) is 62.2 Å². The molecule has 0 aromatic heterocycles. The van der Waals surface area contributed by atoms with Gasteiger partial charge in [-0.25, -0.2) is 23.9 Å². The Morgan fingerprint density at radius 3 is 1.31 bits per heavy atom. The van der Waals surface area contributed by atoms with Crippen molar-refractivity contribution in [1.29, 1.82) is 0 Å². The van der Waals surface area contributed by atoms with E-state index in [4.69, 9.17) is 37.6 Å². The molecular formula is C84H125B2N9O21S. The Morgan fingerprint density at radius 1 is 0.556 bits per heavy atom. The van der Waals surface area contributed by atoms with Gasteiger partial charge in [0.25, 0.3) is 0 Å². The van der Waals surface area contributed by atoms with E-state index in [0.29, 0.717) is 67.1 Å². The van der Waals surface area contributed by atoms with Crippen molar-refractivity contribution in [3.63, 3.8) is 0 Å². The molecule has 33 heteroatoms. The van der Waals surface area contributed by atoms with Gasteiger partial charge in [0, 0.05) is 83.3 Å². The first kappa shape index (κ1) is 90.2. The number of esters is 2. The number of urea groups is 2. The number of nitrogens with zero attached hydrogens (tertiary/aromatic N) is 5. The number of piperidine rings is 2. The van der Waals surface area contributed by atoms with Gasteiger partial charge in [0.05, 0.1) is 49.7 Å². The summed E-state index contributed by atoms with van der Waals surface area (Å²) in [6.45, 7) is 35.3. The lowest BCUT2D eigenvalue weighted by atomic mass is 9.43. The monoisotopic (exact) mass is 1650 g/mol. The van der Waals surface area contributed by atoms with Crippen LogP contribution < -0.4 is 30.1 Å². The van der Waals surface area contributed by atoms with Gasteiger partial charge in [0.1, 0.15) is 33.8 Å². The van der Waals surface area contributed by atoms with Crippen LogP contribution in [-0.2, 0) is 84.7 Å². The topological polar surface area (TPSA) is 360 Å². The summed E-state index contributed by atoms with van der Waals surface area (Å²) < 4.78 is 80.6. The molecule has 12 aliphatic rings. The summed E-state index contributed by atoms with van der Waals surface area (Å²) in [5.41, 5.74) is -1.15. The third-order valence-electron chi connectivity index (χ3n) is 26.7. The molecule has 4 bridgehead atoms. The maximum Gasteiger partial charge on any atom is 0.461 e. The van der Waals surface area contributed by atoms with Crippen LogP contribution in [0.15, 0.2) is 36.4 Å². The van der Waals surface area contributed by atoms with Crippen molar-refractivity contribution < 1.29 is 98.7 Å². The molecule has 644 valence electrons. The highest BCUT2D eigenvalue weighted by Gasteiger charge is 2.70. The number of ether oxygens (including phenoxy) is 4. The number of Topliss-reactive ketones (excluding diaryl/α,β-unsaturated/α-hetero) is 2. The average Bonchev–Trinajstić information content (AvgIpc) is 1.50. The number of ketones is 2. The largest absolute Gasteiger partial charge is 0.496 e. The minimum atomic E-state index is -4.21. The number of amides is 9. The minimum absolute atomic E-state index is 0.00383. The highest BCUT2D eigenvalue weighted by Crippen LogP contribution is 2.68. The maximum atomic E-state index is 15.1. The molecule has 12 fully saturated rings. The van der Waals surface area contributed by atoms with E-state index in [-0.39, 0.29) is 148 Å². The second kappa shape index (κ2) is 34.9. The zero-order valence-corrected chi connectivity index (χ0v) is 72.8. The standard InChI is InChI=1S/C45H68BN5O12S.C39H57BN4O9/c1-12-49-20-21-51(39(55)38(49)54)41(57)47-36(27-16-18-50(19-17-27)64(58,59)48-35(53)26-42(2,3)4)32(52)25-30(46-62-34-24-29-23-33(44(29,8)9)45(34,10)63-46)22-28-14-13-15-31(37(28)60-11)40(56)61-43(5,6)7;1-9-43-17-18-44(34(47)33(43)46)36(49)42-31(23-13-15-41-16-14-23)28(45)22-26(40-52-30-21-25-20-29(38(25,5)6)39(30,7)53-40)19-24-11-10-12-27(32(24)50-8)35(48)51-37(2,3)4/h13-15,27,29-30,33-34,36H,12,16-26H2,1-11H3,(H,47,57)(H,48,53);10-12,23,25-26,29-31,41H,9,13-22H2,1-8H3,(H,42,49)/t29-,30+,33-,34+,36?,45-;25-,26+,29-,30+,31?,39-/m00/s1. The van der Waals surface area contributed by atoms with Crippen LogP contribution in [0, 0.1) is 51.8 Å². The first-order valence-electron chi connectivity index (χ1n) is 42.0. The van der Waals surface area contributed by atoms with E-state index in [0.717, 1.165) is 39.8 Å². The molecule has 6 aliphatic heterocycles. The molecule has 9 amide bonds. The fourth-order valence-corrected chi connectivity index (χ4v) is 21.2. The van der Waals surface area contributed by atoms with Gasteiger partial charge in [-0.3, -0.25) is 43.4 Å². The molecule has 2 aromatic rings. The number of benzene rings is 2. The number of methoxy groups -OCH3 is 2. The second-order valence-electron chi connectivity index (χ2n) is 38.6. The molecule has 14 rings (SSSR count). The summed E-state index contributed by atoms with van der Waals surface area (Å²) in [4.78, 5) is 153.